The topological polar surface area (TPSA) is 93.5 Å². The highest BCUT2D eigenvalue weighted by Crippen LogP contribution is 2.31. The smallest absolute Gasteiger partial charge is 0.243 e. The second kappa shape index (κ2) is 10.6. The summed E-state index contributed by atoms with van der Waals surface area (Å²) in [6.07, 6.45) is 4.68. The summed E-state index contributed by atoms with van der Waals surface area (Å²) >= 11 is 6.23. The molecule has 1 aromatic rings. The Morgan fingerprint density at radius 3 is 2.54 bits per heavy atom. The van der Waals surface area contributed by atoms with Crippen LogP contribution in [0.4, 0.5) is 5.69 Å². The number of carbonyl (C=O) groups excluding carboxylic acids is 2. The van der Waals surface area contributed by atoms with Crippen LogP contribution in [-0.2, 0) is 9.59 Å². The summed E-state index contributed by atoms with van der Waals surface area (Å²) in [4.78, 5) is 23.7. The van der Waals surface area contributed by atoms with Crippen molar-refractivity contribution in [2.24, 2.45) is 11.7 Å². The van der Waals surface area contributed by atoms with E-state index in [1.54, 1.807) is 18.2 Å². The lowest BCUT2D eigenvalue weighted by molar-refractivity contribution is -0.125. The summed E-state index contributed by atoms with van der Waals surface area (Å²) in [5, 5.41) is 5.67. The molecular weight excluding hydrogens is 377 g/mol. The van der Waals surface area contributed by atoms with E-state index in [1.807, 2.05) is 13.8 Å². The number of halogens is 2. The largest absolute Gasteiger partial charge is 0.489 e. The molecule has 0 unspecified atom stereocenters. The number of ether oxygens (including phenoxy) is 1. The van der Waals surface area contributed by atoms with Gasteiger partial charge in [-0.15, -0.1) is 12.4 Å². The lowest BCUT2D eigenvalue weighted by Crippen LogP contribution is -2.46. The molecule has 0 radical (unpaired) electrons. The van der Waals surface area contributed by atoms with Crippen LogP contribution in [0.15, 0.2) is 18.2 Å². The van der Waals surface area contributed by atoms with Crippen molar-refractivity contribution in [1.29, 1.82) is 0 Å². The summed E-state index contributed by atoms with van der Waals surface area (Å²) in [7, 11) is 0. The third kappa shape index (κ3) is 6.67. The molecule has 6 nitrogen and oxygen atoms in total. The lowest BCUT2D eigenvalue weighted by Gasteiger charge is -2.16. The molecule has 4 N–H and O–H groups in total. The zero-order valence-corrected chi connectivity index (χ0v) is 16.7. The van der Waals surface area contributed by atoms with Crippen molar-refractivity contribution >= 4 is 41.5 Å². The van der Waals surface area contributed by atoms with E-state index in [0.29, 0.717) is 16.5 Å². The fourth-order valence-electron chi connectivity index (χ4n) is 2.65. The van der Waals surface area contributed by atoms with Crippen molar-refractivity contribution in [3.05, 3.63) is 23.2 Å². The maximum atomic E-state index is 11.9. The molecule has 1 fully saturated rings. The Hall–Kier alpha value is -1.50. The van der Waals surface area contributed by atoms with Crippen LogP contribution in [-0.4, -0.2) is 30.5 Å². The number of amides is 2. The highest BCUT2D eigenvalue weighted by molar-refractivity contribution is 6.32. The van der Waals surface area contributed by atoms with Crippen molar-refractivity contribution in [2.45, 2.75) is 51.7 Å². The Morgan fingerprint density at radius 1 is 1.31 bits per heavy atom. The Bertz CT molecular complexity index is 620. The number of hydrogen-bond acceptors (Lipinski definition) is 4. The summed E-state index contributed by atoms with van der Waals surface area (Å²) in [5.74, 6) is -0.0506. The summed E-state index contributed by atoms with van der Waals surface area (Å²) < 4.78 is 5.88. The van der Waals surface area contributed by atoms with Crippen LogP contribution in [0.25, 0.3) is 0 Å². The number of benzene rings is 1. The van der Waals surface area contributed by atoms with Gasteiger partial charge in [0.15, 0.2) is 0 Å². The maximum Gasteiger partial charge on any atom is 0.243 e. The number of hydrogen-bond donors (Lipinski definition) is 3. The van der Waals surface area contributed by atoms with Crippen LogP contribution in [0.5, 0.6) is 5.75 Å². The van der Waals surface area contributed by atoms with Gasteiger partial charge in [0.25, 0.3) is 0 Å². The first-order chi connectivity index (χ1) is 11.9. The number of rotatable bonds is 7. The highest BCUT2D eigenvalue weighted by atomic mass is 35.5. The van der Waals surface area contributed by atoms with Crippen LogP contribution in [0.3, 0.4) is 0 Å². The summed E-state index contributed by atoms with van der Waals surface area (Å²) in [6, 6.07) is 4.50. The van der Waals surface area contributed by atoms with Crippen molar-refractivity contribution < 1.29 is 14.3 Å². The fraction of sp³-hybridized carbons (Fsp3) is 0.556. The molecule has 1 aromatic carbocycles. The fourth-order valence-corrected chi connectivity index (χ4v) is 2.88. The van der Waals surface area contributed by atoms with Gasteiger partial charge in [-0.25, -0.2) is 0 Å². The van der Waals surface area contributed by atoms with Crippen LogP contribution in [0.1, 0.15) is 39.5 Å². The van der Waals surface area contributed by atoms with Gasteiger partial charge < -0.3 is 21.1 Å². The van der Waals surface area contributed by atoms with Crippen molar-refractivity contribution in [1.82, 2.24) is 5.32 Å². The zero-order chi connectivity index (χ0) is 18.4. The van der Waals surface area contributed by atoms with Crippen molar-refractivity contribution in [3.8, 4) is 5.75 Å². The first-order valence-electron chi connectivity index (χ1n) is 8.66. The molecule has 26 heavy (non-hydrogen) atoms. The summed E-state index contributed by atoms with van der Waals surface area (Å²) in [6.45, 7) is 3.56. The second-order valence-electron chi connectivity index (χ2n) is 6.71. The molecule has 1 aliphatic carbocycles. The van der Waals surface area contributed by atoms with E-state index in [1.165, 1.54) is 12.8 Å². The molecule has 146 valence electrons. The van der Waals surface area contributed by atoms with Crippen molar-refractivity contribution in [3.63, 3.8) is 0 Å². The van der Waals surface area contributed by atoms with Crippen LogP contribution in [0, 0.1) is 5.92 Å². The van der Waals surface area contributed by atoms with Gasteiger partial charge in [0, 0.05) is 5.69 Å². The molecule has 1 atom stereocenters. The standard InChI is InChI=1S/C18H26ClN3O3.ClH/c1-11(2)17(20)18(24)21-10-16(23)22-12-7-8-15(14(19)9-12)25-13-5-3-4-6-13;/h7-9,11,13,17H,3-6,10,20H2,1-2H3,(H,21,24)(H,22,23);1H/t17-;/m0./s1. The van der Waals surface area contributed by atoms with E-state index >= 15 is 0 Å². The lowest BCUT2D eigenvalue weighted by atomic mass is 10.1. The summed E-state index contributed by atoms with van der Waals surface area (Å²) in [5.41, 5.74) is 6.28. The predicted molar refractivity (Wildman–Crippen MR) is 106 cm³/mol. The minimum absolute atomic E-state index is 0. The predicted octanol–water partition coefficient (Wildman–Crippen LogP) is 3.12. The van der Waals surface area contributed by atoms with E-state index in [-0.39, 0.29) is 42.8 Å². The first kappa shape index (κ1) is 22.5. The molecule has 0 heterocycles. The first-order valence-corrected chi connectivity index (χ1v) is 9.04. The van der Waals surface area contributed by atoms with Gasteiger partial charge in [0.1, 0.15) is 5.75 Å². The van der Waals surface area contributed by atoms with Gasteiger partial charge in [-0.1, -0.05) is 25.4 Å². The molecule has 2 rings (SSSR count). The van der Waals surface area contributed by atoms with E-state index in [9.17, 15) is 9.59 Å². The van der Waals surface area contributed by atoms with Gasteiger partial charge in [-0.05, 0) is 49.8 Å². The third-order valence-electron chi connectivity index (χ3n) is 4.26. The monoisotopic (exact) mass is 403 g/mol. The van der Waals surface area contributed by atoms with Gasteiger partial charge >= 0.3 is 0 Å². The number of nitrogens with two attached hydrogens (primary N) is 1. The van der Waals surface area contributed by atoms with Crippen LogP contribution >= 0.6 is 24.0 Å². The normalized spacial score (nSPS) is 15.3. The minimum atomic E-state index is -0.630. The Kier molecular flexibility index (Phi) is 9.19. The molecule has 0 aliphatic heterocycles. The molecule has 8 heteroatoms. The molecule has 1 aliphatic rings. The van der Waals surface area contributed by atoms with Gasteiger partial charge in [-0.3, -0.25) is 9.59 Å². The third-order valence-corrected chi connectivity index (χ3v) is 4.55. The maximum absolute atomic E-state index is 11.9. The Morgan fingerprint density at radius 2 is 1.96 bits per heavy atom. The SMILES string of the molecule is CC(C)[C@H](N)C(=O)NCC(=O)Nc1ccc(OC2CCCC2)c(Cl)c1.Cl. The van der Waals surface area contributed by atoms with E-state index in [0.717, 1.165) is 12.8 Å². The number of anilines is 1. The van der Waals surface area contributed by atoms with Crippen molar-refractivity contribution in [2.75, 3.05) is 11.9 Å². The average Bonchev–Trinajstić information content (AvgIpc) is 3.07. The number of carbonyl (C=O) groups is 2. The molecule has 2 amide bonds. The quantitative estimate of drug-likeness (QED) is 0.651. The van der Waals surface area contributed by atoms with Gasteiger partial charge in [0.2, 0.25) is 11.8 Å². The van der Waals surface area contributed by atoms with E-state index < -0.39 is 6.04 Å². The molecule has 0 saturated heterocycles. The molecule has 0 aromatic heterocycles. The Labute approximate surface area is 165 Å². The molecule has 0 spiro atoms. The number of nitrogens with one attached hydrogen (secondary N) is 2. The van der Waals surface area contributed by atoms with Crippen LogP contribution < -0.4 is 21.1 Å². The van der Waals surface area contributed by atoms with Gasteiger partial charge in [0.05, 0.1) is 23.7 Å². The molecular formula is C18H27Cl2N3O3. The van der Waals surface area contributed by atoms with E-state index in [2.05, 4.69) is 10.6 Å². The highest BCUT2D eigenvalue weighted by Gasteiger charge is 2.19. The van der Waals surface area contributed by atoms with E-state index in [4.69, 9.17) is 22.1 Å². The van der Waals surface area contributed by atoms with Gasteiger partial charge in [-0.2, -0.15) is 0 Å². The zero-order valence-electron chi connectivity index (χ0n) is 15.1. The second-order valence-corrected chi connectivity index (χ2v) is 7.11. The Balaban J connectivity index is 0.00000338. The minimum Gasteiger partial charge on any atom is -0.489 e. The molecule has 0 bridgehead atoms. The van der Waals surface area contributed by atoms with Crippen LogP contribution in [0.2, 0.25) is 5.02 Å². The average molecular weight is 404 g/mol. The molecule has 1 saturated carbocycles.